The highest BCUT2D eigenvalue weighted by molar-refractivity contribution is 5.97. The molecule has 1 unspecified atom stereocenters. The molecule has 2 aromatic carbocycles. The number of nitrogens with one attached hydrogen (secondary N) is 1. The van der Waals surface area contributed by atoms with Gasteiger partial charge in [-0.1, -0.05) is 38.1 Å². The van der Waals surface area contributed by atoms with Gasteiger partial charge in [0.05, 0.1) is 11.6 Å². The lowest BCUT2D eigenvalue weighted by molar-refractivity contribution is 0.573. The van der Waals surface area contributed by atoms with Crippen LogP contribution < -0.4 is 5.32 Å². The summed E-state index contributed by atoms with van der Waals surface area (Å²) in [6.07, 6.45) is 1.30. The molecule has 1 saturated carbocycles. The molecule has 0 amide bonds. The summed E-state index contributed by atoms with van der Waals surface area (Å²) in [6, 6.07) is 14.3. The minimum Gasteiger partial charge on any atom is -0.384 e. The van der Waals surface area contributed by atoms with Crippen molar-refractivity contribution in [2.24, 2.45) is 11.3 Å². The predicted octanol–water partition coefficient (Wildman–Crippen LogP) is 4.17. The van der Waals surface area contributed by atoms with Crippen LogP contribution in [-0.4, -0.2) is 6.54 Å². The first kappa shape index (κ1) is 12.0. The van der Waals surface area contributed by atoms with Crippen LogP contribution in [-0.2, 0) is 0 Å². The molecule has 0 saturated heterocycles. The van der Waals surface area contributed by atoms with Crippen LogP contribution >= 0.6 is 0 Å². The molecule has 1 fully saturated rings. The van der Waals surface area contributed by atoms with Gasteiger partial charge in [0.2, 0.25) is 0 Å². The summed E-state index contributed by atoms with van der Waals surface area (Å²) >= 11 is 0. The van der Waals surface area contributed by atoms with Gasteiger partial charge in [-0.05, 0) is 29.9 Å². The van der Waals surface area contributed by atoms with Gasteiger partial charge in [-0.2, -0.15) is 5.26 Å². The molecule has 0 bridgehead atoms. The van der Waals surface area contributed by atoms with Crippen LogP contribution in [0.5, 0.6) is 0 Å². The van der Waals surface area contributed by atoms with Crippen LogP contribution in [0.1, 0.15) is 25.8 Å². The first-order chi connectivity index (χ1) is 9.12. The van der Waals surface area contributed by atoms with E-state index in [1.165, 1.54) is 6.42 Å². The third-order valence-corrected chi connectivity index (χ3v) is 4.30. The minimum atomic E-state index is 0.495. The summed E-state index contributed by atoms with van der Waals surface area (Å²) in [5, 5.41) is 14.9. The third kappa shape index (κ3) is 2.17. The van der Waals surface area contributed by atoms with Crippen molar-refractivity contribution in [2.75, 3.05) is 11.9 Å². The molecule has 0 spiro atoms. The molecule has 1 aliphatic rings. The second kappa shape index (κ2) is 4.28. The monoisotopic (exact) mass is 250 g/mol. The molecule has 96 valence electrons. The van der Waals surface area contributed by atoms with Crippen LogP contribution in [0.25, 0.3) is 10.8 Å². The molecule has 2 nitrogen and oxygen atoms in total. The van der Waals surface area contributed by atoms with E-state index < -0.39 is 0 Å². The van der Waals surface area contributed by atoms with Gasteiger partial charge in [0.25, 0.3) is 0 Å². The fourth-order valence-corrected chi connectivity index (χ4v) is 2.71. The summed E-state index contributed by atoms with van der Waals surface area (Å²) in [7, 11) is 0. The average molecular weight is 250 g/mol. The Hall–Kier alpha value is -2.01. The van der Waals surface area contributed by atoms with E-state index in [-0.39, 0.29) is 0 Å². The van der Waals surface area contributed by atoms with Gasteiger partial charge < -0.3 is 5.32 Å². The van der Waals surface area contributed by atoms with Crippen LogP contribution in [0.2, 0.25) is 0 Å². The lowest BCUT2D eigenvalue weighted by atomic mass is 10.0. The smallest absolute Gasteiger partial charge is 0.0998 e. The molecule has 0 heterocycles. The Balaban J connectivity index is 1.90. The largest absolute Gasteiger partial charge is 0.384 e. The Morgan fingerprint density at radius 3 is 2.53 bits per heavy atom. The topological polar surface area (TPSA) is 35.8 Å². The number of anilines is 1. The van der Waals surface area contributed by atoms with Gasteiger partial charge in [0, 0.05) is 23.0 Å². The quantitative estimate of drug-likeness (QED) is 0.887. The lowest BCUT2D eigenvalue weighted by Gasteiger charge is -2.11. The Labute approximate surface area is 114 Å². The molecule has 3 rings (SSSR count). The van der Waals surface area contributed by atoms with E-state index >= 15 is 0 Å². The van der Waals surface area contributed by atoms with E-state index in [1.807, 2.05) is 30.3 Å². The van der Waals surface area contributed by atoms with Crippen LogP contribution in [0, 0.1) is 22.7 Å². The zero-order chi connectivity index (χ0) is 13.5. The van der Waals surface area contributed by atoms with Crippen molar-refractivity contribution in [3.63, 3.8) is 0 Å². The van der Waals surface area contributed by atoms with E-state index in [9.17, 15) is 0 Å². The molecular weight excluding hydrogens is 232 g/mol. The molecule has 1 aliphatic carbocycles. The highest BCUT2D eigenvalue weighted by atomic mass is 14.9. The van der Waals surface area contributed by atoms with Gasteiger partial charge in [0.15, 0.2) is 0 Å². The predicted molar refractivity (Wildman–Crippen MR) is 79.0 cm³/mol. The molecule has 1 N–H and O–H groups in total. The number of rotatable bonds is 3. The van der Waals surface area contributed by atoms with E-state index in [2.05, 4.69) is 31.3 Å². The van der Waals surface area contributed by atoms with Gasteiger partial charge in [0.1, 0.15) is 0 Å². The standard InChI is InChI=1S/C17H18N2/c1-17(2)9-13(17)11-19-16-8-7-12(10-18)14-5-3-4-6-15(14)16/h3-8,13,19H,9,11H2,1-2H3. The maximum Gasteiger partial charge on any atom is 0.0998 e. The second-order valence-corrected chi connectivity index (χ2v) is 6.09. The van der Waals surface area contributed by atoms with Crippen molar-refractivity contribution in [1.29, 1.82) is 5.26 Å². The summed E-state index contributed by atoms with van der Waals surface area (Å²) in [5.74, 6) is 0.766. The molecule has 2 heteroatoms. The fraction of sp³-hybridized carbons (Fsp3) is 0.353. The molecule has 19 heavy (non-hydrogen) atoms. The van der Waals surface area contributed by atoms with Crippen LogP contribution in [0.15, 0.2) is 36.4 Å². The summed E-state index contributed by atoms with van der Waals surface area (Å²) < 4.78 is 0. The van der Waals surface area contributed by atoms with Crippen molar-refractivity contribution >= 4 is 16.5 Å². The zero-order valence-corrected chi connectivity index (χ0v) is 11.4. The van der Waals surface area contributed by atoms with E-state index in [0.29, 0.717) is 5.41 Å². The maximum atomic E-state index is 9.15. The average Bonchev–Trinajstić information content (AvgIpc) is 3.03. The molecule has 1 atom stereocenters. The second-order valence-electron chi connectivity index (χ2n) is 6.09. The first-order valence-electron chi connectivity index (χ1n) is 6.77. The third-order valence-electron chi connectivity index (χ3n) is 4.30. The van der Waals surface area contributed by atoms with Crippen LogP contribution in [0.4, 0.5) is 5.69 Å². The van der Waals surface area contributed by atoms with Crippen molar-refractivity contribution < 1.29 is 0 Å². The van der Waals surface area contributed by atoms with Crippen molar-refractivity contribution in [3.05, 3.63) is 42.0 Å². The van der Waals surface area contributed by atoms with E-state index in [1.54, 1.807) is 0 Å². The zero-order valence-electron chi connectivity index (χ0n) is 11.4. The molecular formula is C17H18N2. The van der Waals surface area contributed by atoms with Gasteiger partial charge in [-0.25, -0.2) is 0 Å². The van der Waals surface area contributed by atoms with Crippen molar-refractivity contribution in [1.82, 2.24) is 0 Å². The van der Waals surface area contributed by atoms with Crippen molar-refractivity contribution in [2.45, 2.75) is 20.3 Å². The minimum absolute atomic E-state index is 0.495. The van der Waals surface area contributed by atoms with Crippen LogP contribution in [0.3, 0.4) is 0 Å². The van der Waals surface area contributed by atoms with E-state index in [0.717, 1.165) is 34.5 Å². The number of nitriles is 1. The summed E-state index contributed by atoms with van der Waals surface area (Å²) in [5.41, 5.74) is 2.38. The molecule has 0 radical (unpaired) electrons. The number of nitrogens with zero attached hydrogens (tertiary/aromatic N) is 1. The molecule has 0 aliphatic heterocycles. The van der Waals surface area contributed by atoms with Gasteiger partial charge in [-0.15, -0.1) is 0 Å². The van der Waals surface area contributed by atoms with Crippen molar-refractivity contribution in [3.8, 4) is 6.07 Å². The van der Waals surface area contributed by atoms with Gasteiger partial charge >= 0.3 is 0 Å². The molecule has 0 aromatic heterocycles. The number of fused-ring (bicyclic) bond motifs is 1. The summed E-state index contributed by atoms with van der Waals surface area (Å²) in [4.78, 5) is 0. The van der Waals surface area contributed by atoms with E-state index in [4.69, 9.17) is 5.26 Å². The summed E-state index contributed by atoms with van der Waals surface area (Å²) in [6.45, 7) is 5.65. The highest BCUT2D eigenvalue weighted by Crippen LogP contribution is 2.51. The number of benzene rings is 2. The fourth-order valence-electron chi connectivity index (χ4n) is 2.71. The van der Waals surface area contributed by atoms with Gasteiger partial charge in [-0.3, -0.25) is 0 Å². The first-order valence-corrected chi connectivity index (χ1v) is 6.77. The molecule has 2 aromatic rings. The number of hydrogen-bond donors (Lipinski definition) is 1. The Morgan fingerprint density at radius 1 is 1.21 bits per heavy atom. The lowest BCUT2D eigenvalue weighted by Crippen LogP contribution is -2.07. The Bertz CT molecular complexity index is 665. The number of hydrogen-bond acceptors (Lipinski definition) is 2. The Morgan fingerprint density at radius 2 is 1.89 bits per heavy atom. The SMILES string of the molecule is CC1(C)CC1CNc1ccc(C#N)c2ccccc12. The maximum absolute atomic E-state index is 9.15. The Kier molecular flexibility index (Phi) is 2.71. The normalized spacial score (nSPS) is 19.9. The highest BCUT2D eigenvalue weighted by Gasteiger charge is 2.44.